The monoisotopic (exact) mass is 612 g/mol. The number of thiocarbonyl (C=S) groups is 1. The highest BCUT2D eigenvalue weighted by atomic mass is 32.2. The molecule has 0 atom stereocenters. The van der Waals surface area contributed by atoms with Gasteiger partial charge < -0.3 is 14.5 Å². The molecule has 2 aliphatic rings. The number of anilines is 1. The largest absolute Gasteiger partial charge is 0.497 e. The van der Waals surface area contributed by atoms with E-state index in [0.29, 0.717) is 54.0 Å². The fourth-order valence-corrected chi connectivity index (χ4v) is 6.84. The standard InChI is InChI=1S/C32H28N4O5S2/c1-41-23-12-10-21(11-13-23)19-35-30(37)25-9-5-8-24-28(25)26(31(35)38)18-27(36(39)40)29(24)33-14-16-34(17-15-33)32(42)43-20-22-6-3-2-4-7-22/h2-13,18H,14-17,19-20H2,1H3. The van der Waals surface area contributed by atoms with Crippen molar-refractivity contribution in [2.75, 3.05) is 38.2 Å². The van der Waals surface area contributed by atoms with Crippen LogP contribution in [0.25, 0.3) is 10.8 Å². The van der Waals surface area contributed by atoms with Crippen LogP contribution in [-0.4, -0.2) is 64.1 Å². The van der Waals surface area contributed by atoms with Gasteiger partial charge in [-0.05, 0) is 29.3 Å². The Morgan fingerprint density at radius 3 is 2.28 bits per heavy atom. The lowest BCUT2D eigenvalue weighted by atomic mass is 9.91. The van der Waals surface area contributed by atoms with Crippen LogP contribution in [0.2, 0.25) is 0 Å². The van der Waals surface area contributed by atoms with E-state index in [-0.39, 0.29) is 17.8 Å². The van der Waals surface area contributed by atoms with Crippen molar-refractivity contribution in [3.8, 4) is 5.75 Å². The van der Waals surface area contributed by atoms with Gasteiger partial charge in [0.05, 0.1) is 24.1 Å². The van der Waals surface area contributed by atoms with Gasteiger partial charge in [0.2, 0.25) is 0 Å². The van der Waals surface area contributed by atoms with Gasteiger partial charge in [0.15, 0.2) is 0 Å². The smallest absolute Gasteiger partial charge is 0.293 e. The molecule has 0 aliphatic carbocycles. The maximum Gasteiger partial charge on any atom is 0.293 e. The molecule has 0 unspecified atom stereocenters. The highest BCUT2D eigenvalue weighted by Crippen LogP contribution is 2.43. The molecule has 9 nitrogen and oxygen atoms in total. The lowest BCUT2D eigenvalue weighted by molar-refractivity contribution is -0.384. The first-order valence-electron chi connectivity index (χ1n) is 13.8. The minimum absolute atomic E-state index is 0.0389. The van der Waals surface area contributed by atoms with E-state index in [1.807, 2.05) is 23.1 Å². The van der Waals surface area contributed by atoms with Gasteiger partial charge in [-0.2, -0.15) is 0 Å². The number of imide groups is 1. The van der Waals surface area contributed by atoms with Gasteiger partial charge in [-0.1, -0.05) is 78.6 Å². The molecule has 2 aliphatic heterocycles. The van der Waals surface area contributed by atoms with Crippen LogP contribution in [0.5, 0.6) is 5.75 Å². The number of amides is 2. The summed E-state index contributed by atoms with van der Waals surface area (Å²) in [5.74, 6) is 0.457. The fourth-order valence-electron chi connectivity index (χ4n) is 5.64. The molecule has 0 radical (unpaired) electrons. The predicted molar refractivity (Wildman–Crippen MR) is 172 cm³/mol. The summed E-state index contributed by atoms with van der Waals surface area (Å²) < 4.78 is 6.00. The van der Waals surface area contributed by atoms with E-state index in [0.717, 1.165) is 20.5 Å². The first-order chi connectivity index (χ1) is 20.9. The number of thioether (sulfide) groups is 1. The predicted octanol–water partition coefficient (Wildman–Crippen LogP) is 5.89. The number of nitro benzene ring substituents is 1. The minimum Gasteiger partial charge on any atom is -0.497 e. The third-order valence-corrected chi connectivity index (χ3v) is 9.41. The summed E-state index contributed by atoms with van der Waals surface area (Å²) in [5, 5.41) is 13.4. The quantitative estimate of drug-likeness (QED) is 0.110. The van der Waals surface area contributed by atoms with Gasteiger partial charge in [0.25, 0.3) is 17.5 Å². The Morgan fingerprint density at radius 2 is 1.60 bits per heavy atom. The Morgan fingerprint density at radius 1 is 0.907 bits per heavy atom. The zero-order valence-corrected chi connectivity index (χ0v) is 25.0. The maximum atomic E-state index is 13.7. The summed E-state index contributed by atoms with van der Waals surface area (Å²) in [4.78, 5) is 44.6. The molecule has 4 aromatic carbocycles. The number of hydrogen-bond donors (Lipinski definition) is 0. The number of nitrogens with zero attached hydrogens (tertiary/aromatic N) is 4. The van der Waals surface area contributed by atoms with E-state index in [2.05, 4.69) is 17.0 Å². The SMILES string of the molecule is COc1ccc(CN2C(=O)c3cccc4c(N5CCN(C(=S)SCc6ccccc6)CC5)c([N+](=O)[O-])cc(c34)C2=O)cc1. The van der Waals surface area contributed by atoms with Crippen molar-refractivity contribution in [1.82, 2.24) is 9.80 Å². The summed E-state index contributed by atoms with van der Waals surface area (Å²) in [6, 6.07) is 23.7. The van der Waals surface area contributed by atoms with Crippen LogP contribution in [-0.2, 0) is 12.3 Å². The molecule has 0 saturated carbocycles. The molecule has 11 heteroatoms. The number of rotatable bonds is 7. The summed E-state index contributed by atoms with van der Waals surface area (Å²) in [6.07, 6.45) is 0. The van der Waals surface area contributed by atoms with Gasteiger partial charge >= 0.3 is 0 Å². The van der Waals surface area contributed by atoms with E-state index in [1.165, 1.54) is 11.6 Å². The second-order valence-electron chi connectivity index (χ2n) is 10.3. The Hall–Kier alpha value is -4.48. The second-order valence-corrected chi connectivity index (χ2v) is 11.9. The molecule has 43 heavy (non-hydrogen) atoms. The average Bonchev–Trinajstić information content (AvgIpc) is 3.04. The molecule has 0 aromatic heterocycles. The average molecular weight is 613 g/mol. The van der Waals surface area contributed by atoms with Crippen molar-refractivity contribution in [3.63, 3.8) is 0 Å². The van der Waals surface area contributed by atoms with Gasteiger partial charge in [-0.3, -0.25) is 24.6 Å². The van der Waals surface area contributed by atoms with Crippen molar-refractivity contribution < 1.29 is 19.2 Å². The van der Waals surface area contributed by atoms with Crippen molar-refractivity contribution >= 4 is 62.3 Å². The molecule has 1 saturated heterocycles. The van der Waals surface area contributed by atoms with Gasteiger partial charge in [0, 0.05) is 54.3 Å². The van der Waals surface area contributed by atoms with Crippen molar-refractivity contribution in [3.05, 3.63) is 111 Å². The minimum atomic E-state index is -0.551. The first kappa shape index (κ1) is 28.6. The van der Waals surface area contributed by atoms with E-state index < -0.39 is 16.7 Å². The first-order valence-corrected chi connectivity index (χ1v) is 15.2. The van der Waals surface area contributed by atoms with Gasteiger partial charge in [0.1, 0.15) is 15.8 Å². The fraction of sp³-hybridized carbons (Fsp3) is 0.219. The molecule has 218 valence electrons. The number of ether oxygens (including phenoxy) is 1. The number of piperazine rings is 1. The van der Waals surface area contributed by atoms with Crippen LogP contribution in [0.15, 0.2) is 78.9 Å². The molecule has 2 amide bonds. The lowest BCUT2D eigenvalue weighted by Crippen LogP contribution is -2.48. The van der Waals surface area contributed by atoms with Gasteiger partial charge in [-0.15, -0.1) is 0 Å². The van der Waals surface area contributed by atoms with Crippen LogP contribution in [0.1, 0.15) is 31.8 Å². The summed E-state index contributed by atoms with van der Waals surface area (Å²) in [5.41, 5.74) is 2.72. The molecule has 0 bridgehead atoms. The number of carbonyl (C=O) groups excluding carboxylic acids is 2. The number of benzene rings is 4. The van der Waals surface area contributed by atoms with E-state index in [4.69, 9.17) is 17.0 Å². The number of nitro groups is 1. The molecule has 0 N–H and O–H groups in total. The Balaban J connectivity index is 1.27. The van der Waals surface area contributed by atoms with Crippen molar-refractivity contribution in [2.45, 2.75) is 12.3 Å². The molecule has 6 rings (SSSR count). The highest BCUT2D eigenvalue weighted by Gasteiger charge is 2.37. The maximum absolute atomic E-state index is 13.7. The number of hydrogen-bond acceptors (Lipinski definition) is 8. The van der Waals surface area contributed by atoms with Crippen LogP contribution in [0, 0.1) is 10.1 Å². The Labute approximate surface area is 258 Å². The molecule has 4 aromatic rings. The summed E-state index contributed by atoms with van der Waals surface area (Å²) in [6.45, 7) is 2.27. The molecule has 0 spiro atoms. The highest BCUT2D eigenvalue weighted by molar-refractivity contribution is 8.22. The van der Waals surface area contributed by atoms with E-state index >= 15 is 0 Å². The van der Waals surface area contributed by atoms with Gasteiger partial charge in [-0.25, -0.2) is 0 Å². The number of carbonyl (C=O) groups is 2. The molecule has 2 heterocycles. The lowest BCUT2D eigenvalue weighted by Gasteiger charge is -2.38. The summed E-state index contributed by atoms with van der Waals surface area (Å²) in [7, 11) is 1.56. The van der Waals surface area contributed by atoms with Crippen LogP contribution >= 0.6 is 24.0 Å². The van der Waals surface area contributed by atoms with E-state index in [9.17, 15) is 19.7 Å². The molecule has 1 fully saturated rings. The normalized spacial score (nSPS) is 14.8. The van der Waals surface area contributed by atoms with Crippen LogP contribution < -0.4 is 9.64 Å². The van der Waals surface area contributed by atoms with Crippen molar-refractivity contribution in [2.24, 2.45) is 0 Å². The zero-order valence-electron chi connectivity index (χ0n) is 23.4. The van der Waals surface area contributed by atoms with Crippen LogP contribution in [0.3, 0.4) is 0 Å². The van der Waals surface area contributed by atoms with E-state index in [1.54, 1.807) is 61.3 Å². The zero-order chi connectivity index (χ0) is 30.1. The topological polar surface area (TPSA) is 96.2 Å². The molecular weight excluding hydrogens is 585 g/mol. The molecular formula is C32H28N4O5S2. The third-order valence-electron chi connectivity index (χ3n) is 7.82. The van der Waals surface area contributed by atoms with Crippen molar-refractivity contribution in [1.29, 1.82) is 0 Å². The summed E-state index contributed by atoms with van der Waals surface area (Å²) >= 11 is 7.31. The second kappa shape index (κ2) is 12.0. The van der Waals surface area contributed by atoms with Crippen LogP contribution in [0.4, 0.5) is 11.4 Å². The Bertz CT molecular complexity index is 1740. The third kappa shape index (κ3) is 5.53. The Kier molecular flexibility index (Phi) is 8.00. The number of methoxy groups -OCH3 is 1.